The summed E-state index contributed by atoms with van der Waals surface area (Å²) in [6.07, 6.45) is 0. The molecule has 1 saturated heterocycles. The summed E-state index contributed by atoms with van der Waals surface area (Å²) in [5.41, 5.74) is 2.29. The van der Waals surface area contributed by atoms with Gasteiger partial charge in [0.15, 0.2) is 0 Å². The molecule has 1 heterocycles. The molecule has 0 spiro atoms. The number of ether oxygens (including phenoxy) is 1. The molecule has 1 fully saturated rings. The number of nitrogens with zero attached hydrogens (tertiary/aromatic N) is 2. The molecule has 0 atom stereocenters. The maximum Gasteiger partial charge on any atom is 0.206 e. The number of methoxy groups -OCH3 is 1. The number of halogens is 1. The quantitative estimate of drug-likeness (QED) is 0.776. The van der Waals surface area contributed by atoms with E-state index < -0.39 is 0 Å². The van der Waals surface area contributed by atoms with Gasteiger partial charge >= 0.3 is 0 Å². The minimum Gasteiger partial charge on any atom is -0.495 e. The Bertz CT molecular complexity index is 790. The number of benzene rings is 1. The van der Waals surface area contributed by atoms with Crippen LogP contribution in [0.15, 0.2) is 46.1 Å². The van der Waals surface area contributed by atoms with Crippen molar-refractivity contribution >= 4 is 28.9 Å². The van der Waals surface area contributed by atoms with Crippen molar-refractivity contribution in [2.75, 3.05) is 38.2 Å². The van der Waals surface area contributed by atoms with Crippen LogP contribution in [0.25, 0.3) is 0 Å². The van der Waals surface area contributed by atoms with Crippen LogP contribution in [0.2, 0.25) is 0 Å². The summed E-state index contributed by atoms with van der Waals surface area (Å²) in [6.45, 7) is 6.01. The molecule has 0 unspecified atom stereocenters. The van der Waals surface area contributed by atoms with Gasteiger partial charge in [0, 0.05) is 37.3 Å². The van der Waals surface area contributed by atoms with Gasteiger partial charge in [-0.05, 0) is 26.0 Å². The number of carbonyl (C=O) groups excluding carboxylic acids is 2. The Balaban J connectivity index is 1.79. The standard InChI is InChI=1S/C19H21ClN2O3/c1-12-13(2)19(24)17(16(20)18(12)23)22-10-8-21(9-11-22)14-6-4-5-7-15(14)25-3/h4-7H,8-11H2,1-3H3. The minimum absolute atomic E-state index is 0.0406. The van der Waals surface area contributed by atoms with Crippen LogP contribution in [-0.2, 0) is 9.59 Å². The highest BCUT2D eigenvalue weighted by Gasteiger charge is 2.34. The van der Waals surface area contributed by atoms with Crippen molar-refractivity contribution in [2.45, 2.75) is 13.8 Å². The number of Topliss-reactive ketones (excluding diaryl/α,β-unsaturated/α-hetero) is 2. The molecule has 0 bridgehead atoms. The van der Waals surface area contributed by atoms with Crippen LogP contribution < -0.4 is 9.64 Å². The third-order valence-electron chi connectivity index (χ3n) is 4.89. The Morgan fingerprint density at radius 1 is 0.920 bits per heavy atom. The number of rotatable bonds is 3. The third-order valence-corrected chi connectivity index (χ3v) is 5.24. The molecule has 132 valence electrons. The van der Waals surface area contributed by atoms with Gasteiger partial charge in [0.25, 0.3) is 0 Å². The largest absolute Gasteiger partial charge is 0.495 e. The van der Waals surface area contributed by atoms with Gasteiger partial charge in [-0.15, -0.1) is 0 Å². The molecule has 0 N–H and O–H groups in total. The van der Waals surface area contributed by atoms with Crippen molar-refractivity contribution in [1.29, 1.82) is 0 Å². The van der Waals surface area contributed by atoms with Crippen LogP contribution in [-0.4, -0.2) is 49.8 Å². The lowest BCUT2D eigenvalue weighted by atomic mass is 9.93. The first-order valence-electron chi connectivity index (χ1n) is 8.25. The van der Waals surface area contributed by atoms with Gasteiger partial charge in [-0.2, -0.15) is 0 Å². The van der Waals surface area contributed by atoms with Crippen LogP contribution in [0.5, 0.6) is 5.75 Å². The lowest BCUT2D eigenvalue weighted by molar-refractivity contribution is -0.117. The van der Waals surface area contributed by atoms with Crippen LogP contribution in [0, 0.1) is 0 Å². The van der Waals surface area contributed by atoms with Crippen molar-refractivity contribution in [3.8, 4) is 5.75 Å². The number of para-hydroxylation sites is 2. The molecule has 1 aromatic carbocycles. The predicted molar refractivity (Wildman–Crippen MR) is 98.0 cm³/mol. The van der Waals surface area contributed by atoms with E-state index in [1.54, 1.807) is 21.0 Å². The van der Waals surface area contributed by atoms with Crippen LogP contribution in [0.4, 0.5) is 5.69 Å². The average molecular weight is 361 g/mol. The number of allylic oxidation sites excluding steroid dienone is 3. The minimum atomic E-state index is -0.249. The first-order valence-corrected chi connectivity index (χ1v) is 8.63. The smallest absolute Gasteiger partial charge is 0.206 e. The molecule has 1 aliphatic carbocycles. The van der Waals surface area contributed by atoms with Gasteiger partial charge in [-0.3, -0.25) is 9.59 Å². The van der Waals surface area contributed by atoms with E-state index in [9.17, 15) is 9.59 Å². The summed E-state index contributed by atoms with van der Waals surface area (Å²) >= 11 is 6.22. The van der Waals surface area contributed by atoms with Gasteiger partial charge in [0.2, 0.25) is 11.6 Å². The number of hydrogen-bond acceptors (Lipinski definition) is 5. The first kappa shape index (κ1) is 17.5. The zero-order valence-corrected chi connectivity index (χ0v) is 15.4. The van der Waals surface area contributed by atoms with Gasteiger partial charge in [0.1, 0.15) is 16.5 Å². The number of anilines is 1. The molecule has 0 saturated carbocycles. The Kier molecular flexibility index (Phi) is 4.86. The van der Waals surface area contributed by atoms with E-state index in [0.717, 1.165) is 24.5 Å². The summed E-state index contributed by atoms with van der Waals surface area (Å²) in [7, 11) is 1.66. The summed E-state index contributed by atoms with van der Waals surface area (Å²) in [5.74, 6) is 0.431. The van der Waals surface area contributed by atoms with E-state index in [-0.39, 0.29) is 16.6 Å². The van der Waals surface area contributed by atoms with Gasteiger partial charge < -0.3 is 14.5 Å². The zero-order valence-electron chi connectivity index (χ0n) is 14.6. The fraction of sp³-hybridized carbons (Fsp3) is 0.368. The summed E-state index contributed by atoms with van der Waals surface area (Å²) < 4.78 is 5.43. The fourth-order valence-corrected chi connectivity index (χ4v) is 3.58. The highest BCUT2D eigenvalue weighted by Crippen LogP contribution is 2.32. The molecule has 2 aliphatic rings. The van der Waals surface area contributed by atoms with Gasteiger partial charge in [-0.1, -0.05) is 23.7 Å². The Hall–Kier alpha value is -2.27. The molecule has 0 radical (unpaired) electrons. The summed E-state index contributed by atoms with van der Waals surface area (Å²) in [6, 6.07) is 7.87. The van der Waals surface area contributed by atoms with Crippen LogP contribution >= 0.6 is 11.6 Å². The molecular formula is C19H21ClN2O3. The van der Waals surface area contributed by atoms with E-state index in [1.165, 1.54) is 0 Å². The molecule has 1 aromatic rings. The predicted octanol–water partition coefficient (Wildman–Crippen LogP) is 2.76. The first-order chi connectivity index (χ1) is 12.0. The molecule has 0 aromatic heterocycles. The molecule has 5 nitrogen and oxygen atoms in total. The van der Waals surface area contributed by atoms with Crippen molar-refractivity contribution < 1.29 is 14.3 Å². The average Bonchev–Trinajstić information content (AvgIpc) is 2.65. The number of ketones is 2. The topological polar surface area (TPSA) is 49.9 Å². The van der Waals surface area contributed by atoms with Gasteiger partial charge in [0.05, 0.1) is 12.8 Å². The maximum atomic E-state index is 12.6. The maximum absolute atomic E-state index is 12.6. The highest BCUT2D eigenvalue weighted by atomic mass is 35.5. The van der Waals surface area contributed by atoms with Gasteiger partial charge in [-0.25, -0.2) is 0 Å². The lowest BCUT2D eigenvalue weighted by Crippen LogP contribution is -2.48. The number of piperazine rings is 1. The van der Waals surface area contributed by atoms with Crippen molar-refractivity contribution in [1.82, 2.24) is 4.90 Å². The molecule has 0 amide bonds. The second-order valence-corrected chi connectivity index (χ2v) is 6.59. The normalized spacial score (nSPS) is 19.0. The second kappa shape index (κ2) is 6.92. The molecule has 25 heavy (non-hydrogen) atoms. The monoisotopic (exact) mass is 360 g/mol. The van der Waals surface area contributed by atoms with Crippen molar-refractivity contribution in [3.63, 3.8) is 0 Å². The second-order valence-electron chi connectivity index (χ2n) is 6.22. The zero-order chi connectivity index (χ0) is 18.1. The van der Waals surface area contributed by atoms with Crippen molar-refractivity contribution in [3.05, 3.63) is 46.1 Å². The van der Waals surface area contributed by atoms with Crippen LogP contribution in [0.3, 0.4) is 0 Å². The summed E-state index contributed by atoms with van der Waals surface area (Å²) in [5, 5.41) is 0.0406. The Labute approximate surface area is 152 Å². The highest BCUT2D eigenvalue weighted by molar-refractivity contribution is 6.49. The number of hydrogen-bond donors (Lipinski definition) is 0. The molecule has 6 heteroatoms. The number of carbonyl (C=O) groups is 2. The fourth-order valence-electron chi connectivity index (χ4n) is 3.23. The van der Waals surface area contributed by atoms with E-state index in [0.29, 0.717) is 29.9 Å². The Morgan fingerprint density at radius 2 is 1.48 bits per heavy atom. The molecule has 1 aliphatic heterocycles. The Morgan fingerprint density at radius 3 is 2.12 bits per heavy atom. The van der Waals surface area contributed by atoms with Crippen molar-refractivity contribution in [2.24, 2.45) is 0 Å². The third kappa shape index (κ3) is 3.04. The molecular weight excluding hydrogens is 340 g/mol. The lowest BCUT2D eigenvalue weighted by Gasteiger charge is -2.39. The van der Waals surface area contributed by atoms with Crippen LogP contribution in [0.1, 0.15) is 13.8 Å². The summed E-state index contributed by atoms with van der Waals surface area (Å²) in [4.78, 5) is 29.0. The van der Waals surface area contributed by atoms with E-state index in [2.05, 4.69) is 4.90 Å². The van der Waals surface area contributed by atoms with E-state index in [1.807, 2.05) is 29.2 Å². The van der Waals surface area contributed by atoms with E-state index in [4.69, 9.17) is 16.3 Å². The SMILES string of the molecule is COc1ccccc1N1CCN(C2=C(Cl)C(=O)C(C)=C(C)C2=O)CC1. The molecule has 3 rings (SSSR count). The van der Waals surface area contributed by atoms with E-state index >= 15 is 0 Å².